The quantitative estimate of drug-likeness (QED) is 0.600. The molecule has 1 N–H and O–H groups in total. The molecule has 2 aromatic carbocycles. The molecule has 5 heteroatoms. The normalized spacial score (nSPS) is 12.2. The van der Waals surface area contributed by atoms with Crippen molar-refractivity contribution in [3.63, 3.8) is 0 Å². The van der Waals surface area contributed by atoms with E-state index in [1.54, 1.807) is 37.3 Å². The summed E-state index contributed by atoms with van der Waals surface area (Å²) in [6.45, 7) is 1.78. The molecule has 0 radical (unpaired) electrons. The molecule has 0 aromatic heterocycles. The van der Waals surface area contributed by atoms with Gasteiger partial charge in [-0.2, -0.15) is 0 Å². The third-order valence-electron chi connectivity index (χ3n) is 2.92. The number of Topliss-reactive ketones (excluding diaryl/α,β-unsaturated/α-hetero) is 1. The number of hydrogen-bond acceptors (Lipinski definition) is 2. The topological polar surface area (TPSA) is 37.3 Å². The number of aromatic hydroxyl groups is 1. The summed E-state index contributed by atoms with van der Waals surface area (Å²) in [5, 5.41) is 9.54. The van der Waals surface area contributed by atoms with E-state index < -0.39 is 15.9 Å². The van der Waals surface area contributed by atoms with Crippen molar-refractivity contribution < 1.29 is 9.90 Å². The van der Waals surface area contributed by atoms with Crippen LogP contribution < -0.4 is 3.61 Å². The van der Waals surface area contributed by atoms with Crippen LogP contribution in [0.15, 0.2) is 48.5 Å². The predicted molar refractivity (Wildman–Crippen MR) is 85.5 cm³/mol. The number of phenols is 1. The maximum absolute atomic E-state index is 12.2. The Morgan fingerprint density at radius 2 is 1.80 bits per heavy atom. The van der Waals surface area contributed by atoms with Crippen LogP contribution >= 0.6 is 17.9 Å². The molecule has 0 bridgehead atoms. The number of hydrogen-bond donors (Lipinski definition) is 1. The van der Waals surface area contributed by atoms with Crippen molar-refractivity contribution in [1.29, 1.82) is 0 Å². The number of carbonyl (C=O) groups excluding carboxylic acids is 1. The third kappa shape index (κ3) is 3.68. The Morgan fingerprint density at radius 3 is 2.40 bits per heavy atom. The second-order valence-corrected chi connectivity index (χ2v) is 18.0. The Hall–Kier alpha value is -0.720. The van der Waals surface area contributed by atoms with Gasteiger partial charge in [0.05, 0.1) is 0 Å². The molecule has 0 atom stereocenters. The molecule has 0 amide bonds. The summed E-state index contributed by atoms with van der Waals surface area (Å²) in [4.78, 5) is 12.2. The van der Waals surface area contributed by atoms with Crippen LogP contribution in [0.5, 0.6) is 5.75 Å². The first kappa shape index (κ1) is 15.7. The fourth-order valence-corrected chi connectivity index (χ4v) is 8.04. The summed E-state index contributed by atoms with van der Waals surface area (Å²) in [7, 11) is 13.0. The molecular weight excluding hydrogens is 411 g/mol. The Bertz CT molecular complexity index is 627. The van der Waals surface area contributed by atoms with Crippen LogP contribution in [0.4, 0.5) is 0 Å². The molecule has 2 nitrogen and oxygen atoms in total. The van der Waals surface area contributed by atoms with Crippen LogP contribution in [0.2, 0.25) is 4.47 Å². The SMILES string of the molecule is Cc1cc([Te](Cl)(Cl)CC(=O)c2ccccc2)ccc1O. The average Bonchev–Trinajstić information content (AvgIpc) is 2.42. The van der Waals surface area contributed by atoms with Gasteiger partial charge in [0.25, 0.3) is 0 Å². The van der Waals surface area contributed by atoms with Gasteiger partial charge in [-0.25, -0.2) is 0 Å². The summed E-state index contributed by atoms with van der Waals surface area (Å²) in [6, 6.07) is 14.1. The molecule has 0 aliphatic heterocycles. The predicted octanol–water partition coefficient (Wildman–Crippen LogP) is 3.71. The van der Waals surface area contributed by atoms with Gasteiger partial charge in [-0.1, -0.05) is 0 Å². The molecular formula is C15H14Cl2O2Te. The van der Waals surface area contributed by atoms with E-state index in [2.05, 4.69) is 0 Å². The Labute approximate surface area is 129 Å². The molecule has 0 fully saturated rings. The first-order chi connectivity index (χ1) is 9.40. The summed E-state index contributed by atoms with van der Waals surface area (Å²) < 4.78 is 0.954. The number of carbonyl (C=O) groups is 1. The van der Waals surface area contributed by atoms with Crippen molar-refractivity contribution in [3.8, 4) is 5.75 Å². The van der Waals surface area contributed by atoms with E-state index in [1.165, 1.54) is 0 Å². The van der Waals surface area contributed by atoms with Gasteiger partial charge in [0.2, 0.25) is 0 Å². The standard InChI is InChI=1S/C15H14Cl2O2Te/c1-11-9-13(7-8-14(11)18)20(16,17)10-15(19)12-5-3-2-4-6-12/h2-9,18H,10H2,1H3. The molecule has 0 saturated heterocycles. The van der Waals surface area contributed by atoms with Crippen LogP contribution in [-0.2, 0) is 0 Å². The second kappa shape index (κ2) is 6.37. The minimum atomic E-state index is -3.48. The Morgan fingerprint density at radius 1 is 1.15 bits per heavy atom. The van der Waals surface area contributed by atoms with Crippen molar-refractivity contribution in [2.45, 2.75) is 11.4 Å². The fourth-order valence-electron chi connectivity index (χ4n) is 1.77. The van der Waals surface area contributed by atoms with Gasteiger partial charge >= 0.3 is 130 Å². The fraction of sp³-hybridized carbons (Fsp3) is 0.133. The van der Waals surface area contributed by atoms with Gasteiger partial charge < -0.3 is 0 Å². The number of aryl methyl sites for hydroxylation is 1. The number of benzene rings is 2. The minimum absolute atomic E-state index is 0.0393. The molecule has 2 aromatic rings. The van der Waals surface area contributed by atoms with Crippen LogP contribution in [0.1, 0.15) is 15.9 Å². The number of phenolic OH excluding ortho intramolecular Hbond substituents is 1. The zero-order chi connectivity index (χ0) is 14.8. The summed E-state index contributed by atoms with van der Waals surface area (Å²) in [6.07, 6.45) is 0. The van der Waals surface area contributed by atoms with E-state index in [1.807, 2.05) is 18.2 Å². The van der Waals surface area contributed by atoms with Crippen LogP contribution in [0, 0.1) is 6.92 Å². The van der Waals surface area contributed by atoms with Crippen LogP contribution in [-0.4, -0.2) is 26.8 Å². The second-order valence-electron chi connectivity index (χ2n) is 4.46. The van der Waals surface area contributed by atoms with Gasteiger partial charge in [0.15, 0.2) is 0 Å². The van der Waals surface area contributed by atoms with Gasteiger partial charge in [0.1, 0.15) is 0 Å². The van der Waals surface area contributed by atoms with Gasteiger partial charge in [-0.05, 0) is 0 Å². The molecule has 0 spiro atoms. The van der Waals surface area contributed by atoms with E-state index in [0.717, 1.165) is 3.61 Å². The van der Waals surface area contributed by atoms with E-state index >= 15 is 0 Å². The Balaban J connectivity index is 2.22. The molecule has 0 aliphatic rings. The van der Waals surface area contributed by atoms with E-state index in [4.69, 9.17) is 17.9 Å². The first-order valence-corrected chi connectivity index (χ1v) is 14.7. The molecule has 0 heterocycles. The number of ketones is 1. The Kier molecular flexibility index (Phi) is 4.99. The molecule has 106 valence electrons. The zero-order valence-electron chi connectivity index (χ0n) is 10.8. The molecule has 20 heavy (non-hydrogen) atoms. The summed E-state index contributed by atoms with van der Waals surface area (Å²) >= 11 is -3.48. The van der Waals surface area contributed by atoms with Crippen LogP contribution in [0.25, 0.3) is 0 Å². The average molecular weight is 425 g/mol. The van der Waals surface area contributed by atoms with E-state index in [0.29, 0.717) is 11.1 Å². The third-order valence-corrected chi connectivity index (χ3v) is 11.3. The van der Waals surface area contributed by atoms with E-state index in [9.17, 15) is 9.90 Å². The molecule has 0 aliphatic carbocycles. The first-order valence-electron chi connectivity index (χ1n) is 5.98. The van der Waals surface area contributed by atoms with Gasteiger partial charge in [0, 0.05) is 0 Å². The maximum atomic E-state index is 12.2. The molecule has 0 unspecified atom stereocenters. The van der Waals surface area contributed by atoms with Gasteiger partial charge in [-0.15, -0.1) is 0 Å². The van der Waals surface area contributed by atoms with Crippen molar-refractivity contribution in [3.05, 3.63) is 59.7 Å². The van der Waals surface area contributed by atoms with Gasteiger partial charge in [-0.3, -0.25) is 0 Å². The number of halogens is 2. The summed E-state index contributed by atoms with van der Waals surface area (Å²) in [5.74, 6) is 0.164. The number of rotatable bonds is 4. The van der Waals surface area contributed by atoms with E-state index in [-0.39, 0.29) is 16.0 Å². The zero-order valence-corrected chi connectivity index (χ0v) is 14.7. The van der Waals surface area contributed by atoms with Crippen molar-refractivity contribution in [2.24, 2.45) is 0 Å². The van der Waals surface area contributed by atoms with Crippen molar-refractivity contribution >= 4 is 43.3 Å². The molecule has 2 rings (SSSR count). The van der Waals surface area contributed by atoms with Crippen molar-refractivity contribution in [1.82, 2.24) is 0 Å². The molecule has 0 saturated carbocycles. The monoisotopic (exact) mass is 426 g/mol. The summed E-state index contributed by atoms with van der Waals surface area (Å²) in [5.41, 5.74) is 1.34. The van der Waals surface area contributed by atoms with Crippen molar-refractivity contribution in [2.75, 3.05) is 0 Å². The van der Waals surface area contributed by atoms with Crippen LogP contribution in [0.3, 0.4) is 0 Å².